The van der Waals surface area contributed by atoms with Crippen molar-refractivity contribution in [2.75, 3.05) is 4.31 Å². The number of benzene rings is 3. The Kier molecular flexibility index (Phi) is 5.48. The first-order valence-corrected chi connectivity index (χ1v) is 9.92. The Labute approximate surface area is 161 Å². The van der Waals surface area contributed by atoms with Crippen LogP contribution in [-0.2, 0) is 10.0 Å². The van der Waals surface area contributed by atoms with Crippen molar-refractivity contribution in [1.29, 1.82) is 0 Å². The molecule has 3 nitrogen and oxygen atoms in total. The Bertz CT molecular complexity index is 1040. The van der Waals surface area contributed by atoms with E-state index < -0.39 is 27.7 Å². The normalized spacial score (nSPS) is 12.6. The summed E-state index contributed by atoms with van der Waals surface area (Å²) in [5.74, 6) is -1.57. The van der Waals surface area contributed by atoms with Crippen molar-refractivity contribution in [3.63, 3.8) is 0 Å². The van der Waals surface area contributed by atoms with Gasteiger partial charge in [-0.15, -0.1) is 0 Å². The summed E-state index contributed by atoms with van der Waals surface area (Å²) in [6, 6.07) is 16.2. The summed E-state index contributed by atoms with van der Waals surface area (Å²) in [5, 5.41) is 0.369. The third-order valence-corrected chi connectivity index (χ3v) is 6.30. The molecule has 3 aromatic carbocycles. The predicted molar refractivity (Wildman–Crippen MR) is 102 cm³/mol. The lowest BCUT2D eigenvalue weighted by atomic mass is 10.1. The molecule has 140 valence electrons. The van der Waals surface area contributed by atoms with Crippen molar-refractivity contribution in [3.8, 4) is 0 Å². The Morgan fingerprint density at radius 1 is 0.926 bits per heavy atom. The van der Waals surface area contributed by atoms with Gasteiger partial charge in [-0.2, -0.15) is 0 Å². The largest absolute Gasteiger partial charge is 0.264 e. The Balaban J connectivity index is 2.21. The van der Waals surface area contributed by atoms with Crippen molar-refractivity contribution in [3.05, 3.63) is 95.0 Å². The van der Waals surface area contributed by atoms with Gasteiger partial charge in [0.2, 0.25) is 0 Å². The highest BCUT2D eigenvalue weighted by atomic mass is 35.5. The van der Waals surface area contributed by atoms with Crippen LogP contribution in [0.2, 0.25) is 5.02 Å². The van der Waals surface area contributed by atoms with Crippen molar-refractivity contribution < 1.29 is 17.2 Å². The third-order valence-electron chi connectivity index (χ3n) is 4.15. The number of halogens is 3. The summed E-state index contributed by atoms with van der Waals surface area (Å²) < 4.78 is 55.8. The van der Waals surface area contributed by atoms with Crippen LogP contribution in [-0.4, -0.2) is 8.42 Å². The highest BCUT2D eigenvalue weighted by Crippen LogP contribution is 2.35. The van der Waals surface area contributed by atoms with Crippen molar-refractivity contribution >= 4 is 27.3 Å². The highest BCUT2D eigenvalue weighted by Gasteiger charge is 2.32. The molecular formula is C20H16ClF2NO2S. The lowest BCUT2D eigenvalue weighted by Gasteiger charge is -2.31. The number of hydrogen-bond acceptors (Lipinski definition) is 2. The molecule has 0 saturated heterocycles. The van der Waals surface area contributed by atoms with Crippen LogP contribution in [0.25, 0.3) is 0 Å². The van der Waals surface area contributed by atoms with E-state index in [9.17, 15) is 17.2 Å². The predicted octanol–water partition coefficient (Wildman–Crippen LogP) is 5.57. The second kappa shape index (κ2) is 7.66. The van der Waals surface area contributed by atoms with E-state index in [4.69, 9.17) is 11.6 Å². The molecule has 27 heavy (non-hydrogen) atoms. The van der Waals surface area contributed by atoms with E-state index in [0.29, 0.717) is 10.6 Å². The van der Waals surface area contributed by atoms with Gasteiger partial charge >= 0.3 is 0 Å². The molecule has 0 bridgehead atoms. The van der Waals surface area contributed by atoms with Gasteiger partial charge in [0.15, 0.2) is 0 Å². The minimum Gasteiger partial charge on any atom is -0.256 e. The molecule has 0 N–H and O–H groups in total. The number of anilines is 1. The molecule has 0 amide bonds. The Hall–Kier alpha value is -2.44. The fourth-order valence-corrected chi connectivity index (χ4v) is 4.56. The second-order valence-corrected chi connectivity index (χ2v) is 8.19. The molecule has 7 heteroatoms. The van der Waals surface area contributed by atoms with Crippen LogP contribution in [0.5, 0.6) is 0 Å². The van der Waals surface area contributed by atoms with Gasteiger partial charge in [-0.05, 0) is 48.9 Å². The Morgan fingerprint density at radius 3 is 2.19 bits per heavy atom. The average molecular weight is 408 g/mol. The molecule has 0 aliphatic carbocycles. The first kappa shape index (κ1) is 19.3. The van der Waals surface area contributed by atoms with Gasteiger partial charge in [0.05, 0.1) is 16.6 Å². The molecule has 1 unspecified atom stereocenters. The zero-order chi connectivity index (χ0) is 19.6. The maximum absolute atomic E-state index is 14.5. The molecule has 3 rings (SSSR count). The van der Waals surface area contributed by atoms with E-state index in [2.05, 4.69) is 0 Å². The maximum atomic E-state index is 14.5. The smallest absolute Gasteiger partial charge is 0.256 e. The summed E-state index contributed by atoms with van der Waals surface area (Å²) >= 11 is 5.84. The van der Waals surface area contributed by atoms with E-state index in [1.54, 1.807) is 37.3 Å². The Morgan fingerprint density at radius 2 is 1.56 bits per heavy atom. The van der Waals surface area contributed by atoms with Crippen LogP contribution in [0, 0.1) is 11.6 Å². The standard InChI is InChI=1S/C20H16ClF2NO2S/c1-14(15-5-3-2-4-6-15)24(20-13-17(22)9-12-19(20)23)27(25,26)18-10-7-16(21)8-11-18/h2-14H,1H3. The summed E-state index contributed by atoms with van der Waals surface area (Å²) in [6.07, 6.45) is 0. The van der Waals surface area contributed by atoms with Gasteiger partial charge in [0.25, 0.3) is 10.0 Å². The molecular weight excluding hydrogens is 392 g/mol. The zero-order valence-electron chi connectivity index (χ0n) is 14.3. The highest BCUT2D eigenvalue weighted by molar-refractivity contribution is 7.92. The maximum Gasteiger partial charge on any atom is 0.264 e. The van der Waals surface area contributed by atoms with Crippen LogP contribution in [0.4, 0.5) is 14.5 Å². The van der Waals surface area contributed by atoms with Crippen LogP contribution >= 0.6 is 11.6 Å². The zero-order valence-corrected chi connectivity index (χ0v) is 15.9. The van der Waals surface area contributed by atoms with Gasteiger partial charge < -0.3 is 0 Å². The van der Waals surface area contributed by atoms with Gasteiger partial charge in [-0.3, -0.25) is 4.31 Å². The first-order chi connectivity index (χ1) is 12.8. The monoisotopic (exact) mass is 407 g/mol. The van der Waals surface area contributed by atoms with Crippen LogP contribution in [0.15, 0.2) is 77.7 Å². The van der Waals surface area contributed by atoms with E-state index in [1.165, 1.54) is 24.3 Å². The minimum atomic E-state index is -4.19. The number of hydrogen-bond donors (Lipinski definition) is 0. The SMILES string of the molecule is CC(c1ccccc1)N(c1cc(F)ccc1F)S(=O)(=O)c1ccc(Cl)cc1. The molecule has 0 spiro atoms. The minimum absolute atomic E-state index is 0.0710. The average Bonchev–Trinajstić information content (AvgIpc) is 2.65. The molecule has 0 saturated carbocycles. The quantitative estimate of drug-likeness (QED) is 0.554. The molecule has 3 aromatic rings. The van der Waals surface area contributed by atoms with Gasteiger partial charge in [-0.1, -0.05) is 41.9 Å². The molecule has 0 aromatic heterocycles. The fraction of sp³-hybridized carbons (Fsp3) is 0.100. The summed E-state index contributed by atoms with van der Waals surface area (Å²) in [4.78, 5) is -0.0710. The number of rotatable bonds is 5. The van der Waals surface area contributed by atoms with Gasteiger partial charge in [0, 0.05) is 11.1 Å². The second-order valence-electron chi connectivity index (χ2n) is 5.94. The van der Waals surface area contributed by atoms with Crippen molar-refractivity contribution in [1.82, 2.24) is 0 Å². The van der Waals surface area contributed by atoms with Gasteiger partial charge in [0.1, 0.15) is 11.6 Å². The summed E-state index contributed by atoms with van der Waals surface area (Å²) in [5.41, 5.74) is 0.278. The van der Waals surface area contributed by atoms with Crippen LogP contribution in [0.1, 0.15) is 18.5 Å². The molecule has 0 aliphatic heterocycles. The number of nitrogens with zero attached hydrogens (tertiary/aromatic N) is 1. The first-order valence-electron chi connectivity index (χ1n) is 8.10. The fourth-order valence-electron chi connectivity index (χ4n) is 2.79. The summed E-state index contributed by atoms with van der Waals surface area (Å²) in [6.45, 7) is 1.62. The van der Waals surface area contributed by atoms with E-state index >= 15 is 0 Å². The molecule has 0 radical (unpaired) electrons. The molecule has 0 heterocycles. The lowest BCUT2D eigenvalue weighted by molar-refractivity contribution is 0.570. The van der Waals surface area contributed by atoms with E-state index in [1.807, 2.05) is 0 Å². The van der Waals surface area contributed by atoms with Crippen molar-refractivity contribution in [2.24, 2.45) is 0 Å². The van der Waals surface area contributed by atoms with Crippen molar-refractivity contribution in [2.45, 2.75) is 17.9 Å². The van der Waals surface area contributed by atoms with E-state index in [0.717, 1.165) is 22.5 Å². The molecule has 0 fully saturated rings. The van der Waals surface area contributed by atoms with Gasteiger partial charge in [-0.25, -0.2) is 17.2 Å². The van der Waals surface area contributed by atoms with Crippen LogP contribution < -0.4 is 4.31 Å². The van der Waals surface area contributed by atoms with E-state index in [-0.39, 0.29) is 10.6 Å². The molecule has 1 atom stereocenters. The third kappa shape index (κ3) is 3.96. The molecule has 0 aliphatic rings. The number of sulfonamides is 1. The topological polar surface area (TPSA) is 37.4 Å². The summed E-state index contributed by atoms with van der Waals surface area (Å²) in [7, 11) is -4.19. The lowest BCUT2D eigenvalue weighted by Crippen LogP contribution is -2.34. The van der Waals surface area contributed by atoms with Crippen LogP contribution in [0.3, 0.4) is 0 Å².